The van der Waals surface area contributed by atoms with Gasteiger partial charge in [0.25, 0.3) is 5.91 Å². The quantitative estimate of drug-likeness (QED) is 0.729. The first-order valence-electron chi connectivity index (χ1n) is 9.69. The van der Waals surface area contributed by atoms with Crippen LogP contribution < -0.4 is 5.32 Å². The number of benzene rings is 1. The van der Waals surface area contributed by atoms with E-state index < -0.39 is 10.0 Å². The van der Waals surface area contributed by atoms with Crippen molar-refractivity contribution in [1.29, 1.82) is 0 Å². The normalized spacial score (nSPS) is 12.0. The lowest BCUT2D eigenvalue weighted by molar-refractivity contribution is 0.0950. The van der Waals surface area contributed by atoms with E-state index in [-0.39, 0.29) is 10.8 Å². The van der Waals surface area contributed by atoms with E-state index in [0.717, 1.165) is 17.0 Å². The Kier molecular flexibility index (Phi) is 7.06. The standard InChI is InChI=1S/C21H31N3O3S/c1-7-23(8-2)28(26,27)19-11-9-18(10-12-19)14-22-21(25)20-13-16(5)24(15(3)4)17(20)6/h9-13,15H,7-8,14H2,1-6H3,(H,22,25). The lowest BCUT2D eigenvalue weighted by Crippen LogP contribution is -2.30. The summed E-state index contributed by atoms with van der Waals surface area (Å²) in [7, 11) is -3.46. The number of aryl methyl sites for hydroxylation is 1. The van der Waals surface area contributed by atoms with Crippen LogP contribution in [-0.4, -0.2) is 36.3 Å². The van der Waals surface area contributed by atoms with Gasteiger partial charge in [0.15, 0.2) is 0 Å². The molecule has 0 atom stereocenters. The Morgan fingerprint density at radius 2 is 1.68 bits per heavy atom. The van der Waals surface area contributed by atoms with Gasteiger partial charge in [0, 0.05) is 37.1 Å². The zero-order valence-electron chi connectivity index (χ0n) is 17.6. The molecule has 1 aromatic carbocycles. The summed E-state index contributed by atoms with van der Waals surface area (Å²) in [5.74, 6) is -0.125. The van der Waals surface area contributed by atoms with Crippen molar-refractivity contribution < 1.29 is 13.2 Å². The van der Waals surface area contributed by atoms with Gasteiger partial charge in [0.2, 0.25) is 10.0 Å². The molecule has 0 aliphatic heterocycles. The van der Waals surface area contributed by atoms with Gasteiger partial charge >= 0.3 is 0 Å². The Balaban J connectivity index is 2.10. The zero-order valence-corrected chi connectivity index (χ0v) is 18.4. The number of hydrogen-bond donors (Lipinski definition) is 1. The fraction of sp³-hybridized carbons (Fsp3) is 0.476. The molecule has 1 amide bonds. The van der Waals surface area contributed by atoms with E-state index >= 15 is 0 Å². The van der Waals surface area contributed by atoms with Gasteiger partial charge < -0.3 is 9.88 Å². The van der Waals surface area contributed by atoms with E-state index in [1.54, 1.807) is 24.3 Å². The van der Waals surface area contributed by atoms with Crippen molar-refractivity contribution in [3.63, 3.8) is 0 Å². The molecule has 0 unspecified atom stereocenters. The third kappa shape index (κ3) is 4.47. The summed E-state index contributed by atoms with van der Waals surface area (Å²) in [5.41, 5.74) is 3.53. The summed E-state index contributed by atoms with van der Waals surface area (Å²) in [4.78, 5) is 12.9. The Bertz CT molecular complexity index is 925. The van der Waals surface area contributed by atoms with Crippen molar-refractivity contribution in [3.05, 3.63) is 52.8 Å². The summed E-state index contributed by atoms with van der Waals surface area (Å²) in [6.07, 6.45) is 0. The summed E-state index contributed by atoms with van der Waals surface area (Å²) in [5, 5.41) is 2.93. The van der Waals surface area contributed by atoms with Crippen molar-refractivity contribution in [2.75, 3.05) is 13.1 Å². The summed E-state index contributed by atoms with van der Waals surface area (Å²) in [6.45, 7) is 13.0. The van der Waals surface area contributed by atoms with Gasteiger partial charge in [-0.1, -0.05) is 26.0 Å². The van der Waals surface area contributed by atoms with E-state index in [1.165, 1.54) is 4.31 Å². The lowest BCUT2D eigenvalue weighted by Gasteiger charge is -2.18. The van der Waals surface area contributed by atoms with Gasteiger partial charge in [-0.25, -0.2) is 8.42 Å². The summed E-state index contributed by atoms with van der Waals surface area (Å²) in [6, 6.07) is 8.88. The van der Waals surface area contributed by atoms with E-state index in [2.05, 4.69) is 23.7 Å². The molecule has 1 N–H and O–H groups in total. The van der Waals surface area contributed by atoms with Crippen molar-refractivity contribution in [2.45, 2.75) is 59.0 Å². The van der Waals surface area contributed by atoms with Crippen molar-refractivity contribution in [3.8, 4) is 0 Å². The summed E-state index contributed by atoms with van der Waals surface area (Å²) >= 11 is 0. The van der Waals surface area contributed by atoms with Crippen molar-refractivity contribution in [2.24, 2.45) is 0 Å². The first-order chi connectivity index (χ1) is 13.1. The van der Waals surface area contributed by atoms with Gasteiger partial charge in [-0.3, -0.25) is 4.79 Å². The molecule has 6 nitrogen and oxygen atoms in total. The molecule has 0 bridgehead atoms. The van der Waals surface area contributed by atoms with Crippen LogP contribution >= 0.6 is 0 Å². The number of sulfonamides is 1. The number of carbonyl (C=O) groups is 1. The predicted octanol–water partition coefficient (Wildman–Crippen LogP) is 3.65. The number of carbonyl (C=O) groups excluding carboxylic acids is 1. The Morgan fingerprint density at radius 3 is 2.14 bits per heavy atom. The smallest absolute Gasteiger partial charge is 0.253 e. The first-order valence-corrected chi connectivity index (χ1v) is 11.1. The zero-order chi connectivity index (χ0) is 21.1. The van der Waals surface area contributed by atoms with Crippen molar-refractivity contribution >= 4 is 15.9 Å². The maximum atomic E-state index is 12.6. The second-order valence-electron chi connectivity index (χ2n) is 7.16. The Hall–Kier alpha value is -2.12. The van der Waals surface area contributed by atoms with Crippen molar-refractivity contribution in [1.82, 2.24) is 14.2 Å². The molecule has 0 radical (unpaired) electrons. The molecule has 154 valence electrons. The topological polar surface area (TPSA) is 71.4 Å². The molecule has 28 heavy (non-hydrogen) atoms. The highest BCUT2D eigenvalue weighted by Crippen LogP contribution is 2.20. The summed E-state index contributed by atoms with van der Waals surface area (Å²) < 4.78 is 28.6. The maximum absolute atomic E-state index is 12.6. The fourth-order valence-corrected chi connectivity index (χ4v) is 5.03. The molecule has 7 heteroatoms. The number of nitrogens with zero attached hydrogens (tertiary/aromatic N) is 2. The van der Waals surface area contributed by atoms with E-state index in [4.69, 9.17) is 0 Å². The second kappa shape index (κ2) is 8.92. The SMILES string of the molecule is CCN(CC)S(=O)(=O)c1ccc(CNC(=O)c2cc(C)n(C(C)C)c2C)cc1. The first kappa shape index (κ1) is 22.2. The molecule has 0 saturated carbocycles. The molecule has 1 heterocycles. The number of amides is 1. The van der Waals surface area contributed by atoms with Gasteiger partial charge in [-0.2, -0.15) is 4.31 Å². The van der Waals surface area contributed by atoms with Gasteiger partial charge in [0.1, 0.15) is 0 Å². The molecule has 2 rings (SSSR count). The third-order valence-corrected chi connectivity index (χ3v) is 7.03. The van der Waals surface area contributed by atoms with Gasteiger partial charge in [-0.15, -0.1) is 0 Å². The minimum absolute atomic E-state index is 0.125. The largest absolute Gasteiger partial charge is 0.348 e. The van der Waals surface area contributed by atoms with E-state index in [9.17, 15) is 13.2 Å². The van der Waals surface area contributed by atoms with Crippen LogP contribution in [0.15, 0.2) is 35.2 Å². The molecular formula is C21H31N3O3S. The molecular weight excluding hydrogens is 374 g/mol. The Morgan fingerprint density at radius 1 is 1.11 bits per heavy atom. The molecule has 2 aromatic rings. The number of aromatic nitrogens is 1. The highest BCUT2D eigenvalue weighted by molar-refractivity contribution is 7.89. The minimum atomic E-state index is -3.46. The molecule has 0 aliphatic carbocycles. The van der Waals surface area contributed by atoms with Crippen LogP contribution in [0.2, 0.25) is 0 Å². The van der Waals surface area contributed by atoms with Gasteiger partial charge in [-0.05, 0) is 51.5 Å². The molecule has 1 aromatic heterocycles. The van der Waals surface area contributed by atoms with Crippen LogP contribution in [0.1, 0.15) is 61.0 Å². The maximum Gasteiger partial charge on any atom is 0.253 e. The van der Waals surface area contributed by atoms with E-state index in [1.807, 2.05) is 33.8 Å². The fourth-order valence-electron chi connectivity index (χ4n) is 3.57. The van der Waals surface area contributed by atoms with Crippen LogP contribution in [-0.2, 0) is 16.6 Å². The van der Waals surface area contributed by atoms with E-state index in [0.29, 0.717) is 31.2 Å². The number of rotatable bonds is 8. The molecule has 0 spiro atoms. The van der Waals surface area contributed by atoms with Gasteiger partial charge in [0.05, 0.1) is 10.5 Å². The van der Waals surface area contributed by atoms with Crippen LogP contribution in [0.4, 0.5) is 0 Å². The molecule has 0 fully saturated rings. The van der Waals surface area contributed by atoms with Crippen LogP contribution in [0.5, 0.6) is 0 Å². The third-order valence-electron chi connectivity index (χ3n) is 4.96. The minimum Gasteiger partial charge on any atom is -0.348 e. The highest BCUT2D eigenvalue weighted by Gasteiger charge is 2.21. The number of nitrogens with one attached hydrogen (secondary N) is 1. The Labute approximate surface area is 168 Å². The number of hydrogen-bond acceptors (Lipinski definition) is 3. The predicted molar refractivity (Wildman–Crippen MR) is 112 cm³/mol. The van der Waals surface area contributed by atoms with Crippen LogP contribution in [0.25, 0.3) is 0 Å². The van der Waals surface area contributed by atoms with Crippen LogP contribution in [0.3, 0.4) is 0 Å². The average Bonchev–Trinajstić information content (AvgIpc) is 2.95. The monoisotopic (exact) mass is 405 g/mol. The highest BCUT2D eigenvalue weighted by atomic mass is 32.2. The molecule has 0 aliphatic rings. The van der Waals surface area contributed by atoms with Crippen LogP contribution in [0, 0.1) is 13.8 Å². The average molecular weight is 406 g/mol. The lowest BCUT2D eigenvalue weighted by atomic mass is 10.2. The molecule has 0 saturated heterocycles. The second-order valence-corrected chi connectivity index (χ2v) is 9.10.